The summed E-state index contributed by atoms with van der Waals surface area (Å²) < 4.78 is 9.52. The Hall–Kier alpha value is -2.85. The Bertz CT molecular complexity index is 1130. The van der Waals surface area contributed by atoms with Crippen molar-refractivity contribution in [3.63, 3.8) is 0 Å². The molecule has 172 valence electrons. The Balaban J connectivity index is 1.16. The first kappa shape index (κ1) is 20.7. The molecule has 3 aliphatic rings. The highest BCUT2D eigenvalue weighted by atomic mass is 32.2. The largest absolute Gasteiger partial charge is 0.378 e. The number of anilines is 2. The van der Waals surface area contributed by atoms with E-state index in [0.717, 1.165) is 61.3 Å². The Morgan fingerprint density at radius 2 is 1.88 bits per heavy atom. The van der Waals surface area contributed by atoms with Crippen LogP contribution < -0.4 is 10.2 Å². The molecule has 0 radical (unpaired) electrons. The predicted molar refractivity (Wildman–Crippen MR) is 126 cm³/mol. The number of rotatable bonds is 8. The molecule has 2 aliphatic carbocycles. The number of morpholine rings is 1. The van der Waals surface area contributed by atoms with E-state index in [1.165, 1.54) is 11.8 Å². The van der Waals surface area contributed by atoms with Crippen molar-refractivity contribution in [3.8, 4) is 5.69 Å². The molecular formula is C23H27N7O2S. The lowest BCUT2D eigenvalue weighted by atomic mass is 10.3. The third kappa shape index (κ3) is 4.49. The van der Waals surface area contributed by atoms with Crippen LogP contribution in [0.2, 0.25) is 0 Å². The number of ether oxygens (including phenoxy) is 1. The molecule has 3 heterocycles. The van der Waals surface area contributed by atoms with E-state index >= 15 is 0 Å². The molecule has 3 fully saturated rings. The molecule has 33 heavy (non-hydrogen) atoms. The Labute approximate surface area is 196 Å². The van der Waals surface area contributed by atoms with Crippen molar-refractivity contribution in [3.05, 3.63) is 42.1 Å². The summed E-state index contributed by atoms with van der Waals surface area (Å²) in [5.41, 5.74) is 1.99. The summed E-state index contributed by atoms with van der Waals surface area (Å²) in [6.07, 6.45) is 4.60. The summed E-state index contributed by atoms with van der Waals surface area (Å²) >= 11 is 1.44. The molecule has 1 aliphatic heterocycles. The molecule has 0 atom stereocenters. The fourth-order valence-corrected chi connectivity index (χ4v) is 4.94. The summed E-state index contributed by atoms with van der Waals surface area (Å²) in [6, 6.07) is 12.4. The van der Waals surface area contributed by atoms with Crippen molar-refractivity contribution in [1.82, 2.24) is 24.5 Å². The quantitative estimate of drug-likeness (QED) is 0.511. The van der Waals surface area contributed by atoms with Crippen LogP contribution in [0.1, 0.15) is 43.3 Å². The summed E-state index contributed by atoms with van der Waals surface area (Å²) in [4.78, 5) is 15.1. The molecule has 0 unspecified atom stereocenters. The van der Waals surface area contributed by atoms with Crippen molar-refractivity contribution in [2.45, 2.75) is 42.8 Å². The number of benzene rings is 1. The van der Waals surface area contributed by atoms with E-state index in [1.807, 2.05) is 41.1 Å². The number of nitrogens with one attached hydrogen (secondary N) is 1. The lowest BCUT2D eigenvalue weighted by molar-refractivity contribution is -0.113. The van der Waals surface area contributed by atoms with Gasteiger partial charge in [0.05, 0.1) is 30.3 Å². The van der Waals surface area contributed by atoms with Gasteiger partial charge in [0.1, 0.15) is 5.82 Å². The van der Waals surface area contributed by atoms with Crippen LogP contribution in [0.25, 0.3) is 5.69 Å². The zero-order valence-electron chi connectivity index (χ0n) is 18.4. The lowest BCUT2D eigenvalue weighted by Gasteiger charge is -2.27. The van der Waals surface area contributed by atoms with Crippen molar-refractivity contribution in [2.24, 2.45) is 0 Å². The number of hydrogen-bond donors (Lipinski definition) is 1. The zero-order chi connectivity index (χ0) is 22.2. The van der Waals surface area contributed by atoms with Crippen LogP contribution in [0.5, 0.6) is 0 Å². The zero-order valence-corrected chi connectivity index (χ0v) is 19.2. The van der Waals surface area contributed by atoms with Gasteiger partial charge in [0.2, 0.25) is 11.9 Å². The SMILES string of the molecule is O=C(CSc1nnc(N2CCOCC2)n1C1CC1)Nc1cc(C2CC2)nn1-c1ccccc1. The highest BCUT2D eigenvalue weighted by Crippen LogP contribution is 2.42. The van der Waals surface area contributed by atoms with Crippen LogP contribution in [0.3, 0.4) is 0 Å². The molecule has 3 aromatic rings. The topological polar surface area (TPSA) is 90.1 Å². The van der Waals surface area contributed by atoms with Crippen LogP contribution in [0.4, 0.5) is 11.8 Å². The standard InChI is InChI=1S/C23H27N7O2S/c31-21(24-20-14-19(16-6-7-16)27-30(20)18-4-2-1-3-5-18)15-33-23-26-25-22(29(23)17-8-9-17)28-10-12-32-13-11-28/h1-5,14,16-17H,6-13,15H2,(H,24,31). The maximum absolute atomic E-state index is 12.9. The van der Waals surface area contributed by atoms with Crippen LogP contribution in [0.15, 0.2) is 41.6 Å². The minimum atomic E-state index is -0.0716. The maximum Gasteiger partial charge on any atom is 0.236 e. The number of carbonyl (C=O) groups excluding carboxylic acids is 1. The third-order valence-corrected chi connectivity index (χ3v) is 7.12. The van der Waals surface area contributed by atoms with Gasteiger partial charge in [0.15, 0.2) is 5.16 Å². The van der Waals surface area contributed by atoms with Gasteiger partial charge in [-0.1, -0.05) is 30.0 Å². The summed E-state index contributed by atoms with van der Waals surface area (Å²) in [6.45, 7) is 3.06. The molecular weight excluding hydrogens is 438 g/mol. The maximum atomic E-state index is 12.9. The van der Waals surface area contributed by atoms with Crippen LogP contribution >= 0.6 is 11.8 Å². The summed E-state index contributed by atoms with van der Waals surface area (Å²) in [5, 5.41) is 17.5. The Morgan fingerprint density at radius 1 is 1.09 bits per heavy atom. The molecule has 1 amide bonds. The second-order valence-electron chi connectivity index (χ2n) is 8.80. The number of aromatic nitrogens is 5. The van der Waals surface area contributed by atoms with Gasteiger partial charge < -0.3 is 15.0 Å². The second kappa shape index (κ2) is 8.83. The van der Waals surface area contributed by atoms with Crippen LogP contribution in [0, 0.1) is 0 Å². The summed E-state index contributed by atoms with van der Waals surface area (Å²) in [7, 11) is 0. The molecule has 1 aromatic carbocycles. The third-order valence-electron chi connectivity index (χ3n) is 6.18. The minimum Gasteiger partial charge on any atom is -0.378 e. The van der Waals surface area contributed by atoms with Crippen molar-refractivity contribution in [2.75, 3.05) is 42.3 Å². The van der Waals surface area contributed by atoms with Gasteiger partial charge in [-0.05, 0) is 37.8 Å². The monoisotopic (exact) mass is 465 g/mol. The highest BCUT2D eigenvalue weighted by molar-refractivity contribution is 7.99. The van der Waals surface area contributed by atoms with Crippen LogP contribution in [-0.2, 0) is 9.53 Å². The number of amides is 1. The van der Waals surface area contributed by atoms with Gasteiger partial charge in [0, 0.05) is 31.1 Å². The fourth-order valence-electron chi connectivity index (χ4n) is 4.14. The second-order valence-corrected chi connectivity index (χ2v) is 9.74. The first-order valence-electron chi connectivity index (χ1n) is 11.6. The average molecular weight is 466 g/mol. The van der Waals surface area contributed by atoms with Gasteiger partial charge in [-0.3, -0.25) is 9.36 Å². The van der Waals surface area contributed by atoms with E-state index < -0.39 is 0 Å². The van der Waals surface area contributed by atoms with Crippen molar-refractivity contribution >= 4 is 29.4 Å². The van der Waals surface area contributed by atoms with Gasteiger partial charge in [-0.2, -0.15) is 5.10 Å². The Morgan fingerprint density at radius 3 is 2.61 bits per heavy atom. The lowest BCUT2D eigenvalue weighted by Crippen LogP contribution is -2.38. The predicted octanol–water partition coefficient (Wildman–Crippen LogP) is 3.24. The molecule has 1 N–H and O–H groups in total. The van der Waals surface area contributed by atoms with E-state index in [2.05, 4.69) is 25.0 Å². The van der Waals surface area contributed by atoms with E-state index in [0.29, 0.717) is 31.0 Å². The fraction of sp³-hybridized carbons (Fsp3) is 0.478. The average Bonchev–Trinajstić information content (AvgIpc) is 3.79. The van der Waals surface area contributed by atoms with E-state index in [-0.39, 0.29) is 11.7 Å². The smallest absolute Gasteiger partial charge is 0.236 e. The number of nitrogens with zero attached hydrogens (tertiary/aromatic N) is 6. The van der Waals surface area contributed by atoms with Gasteiger partial charge in [0.25, 0.3) is 0 Å². The first-order chi connectivity index (χ1) is 16.3. The van der Waals surface area contributed by atoms with Gasteiger partial charge in [-0.25, -0.2) is 4.68 Å². The van der Waals surface area contributed by atoms with Crippen LogP contribution in [-0.4, -0.2) is 62.5 Å². The molecule has 0 bridgehead atoms. The number of hydrogen-bond acceptors (Lipinski definition) is 7. The number of thioether (sulfide) groups is 1. The molecule has 10 heteroatoms. The molecule has 0 spiro atoms. The molecule has 2 saturated carbocycles. The van der Waals surface area contributed by atoms with Crippen molar-refractivity contribution < 1.29 is 9.53 Å². The highest BCUT2D eigenvalue weighted by Gasteiger charge is 2.32. The van der Waals surface area contributed by atoms with E-state index in [4.69, 9.17) is 9.84 Å². The van der Waals surface area contributed by atoms with Gasteiger partial charge in [-0.15, -0.1) is 10.2 Å². The number of carbonyl (C=O) groups is 1. The molecule has 6 rings (SSSR count). The molecule has 9 nitrogen and oxygen atoms in total. The van der Waals surface area contributed by atoms with E-state index in [9.17, 15) is 4.79 Å². The summed E-state index contributed by atoms with van der Waals surface area (Å²) in [5.74, 6) is 2.33. The number of para-hydroxylation sites is 1. The molecule has 1 saturated heterocycles. The van der Waals surface area contributed by atoms with Crippen molar-refractivity contribution in [1.29, 1.82) is 0 Å². The first-order valence-corrected chi connectivity index (χ1v) is 12.6. The van der Waals surface area contributed by atoms with E-state index in [1.54, 1.807) is 0 Å². The normalized spacial score (nSPS) is 18.5. The van der Waals surface area contributed by atoms with Gasteiger partial charge >= 0.3 is 0 Å². The Kier molecular flexibility index (Phi) is 5.55. The minimum absolute atomic E-state index is 0.0716. The molecule has 2 aromatic heterocycles.